The molecular formula is C25H19ClFNO. The first-order chi connectivity index (χ1) is 13.9. The van der Waals surface area contributed by atoms with Crippen LogP contribution in [0.3, 0.4) is 0 Å². The summed E-state index contributed by atoms with van der Waals surface area (Å²) in [4.78, 5) is 1.81. The second-order valence-electron chi connectivity index (χ2n) is 7.91. The van der Waals surface area contributed by atoms with Gasteiger partial charge in [-0.05, 0) is 40.8 Å². The van der Waals surface area contributed by atoms with Gasteiger partial charge in [0.2, 0.25) is 0 Å². The molecule has 1 heterocycles. The van der Waals surface area contributed by atoms with Gasteiger partial charge in [-0.25, -0.2) is 4.39 Å². The normalized spacial score (nSPS) is 14.6. The highest BCUT2D eigenvalue weighted by atomic mass is 35.5. The highest BCUT2D eigenvalue weighted by Gasteiger charge is 2.39. The number of benzene rings is 4. The van der Waals surface area contributed by atoms with Gasteiger partial charge in [0.25, 0.3) is 0 Å². The van der Waals surface area contributed by atoms with Gasteiger partial charge in [0.1, 0.15) is 11.6 Å². The minimum absolute atomic E-state index is 0.0866. The first-order valence-electron chi connectivity index (χ1n) is 9.49. The van der Waals surface area contributed by atoms with Gasteiger partial charge < -0.3 is 10.0 Å². The average molecular weight is 404 g/mol. The molecular weight excluding hydrogens is 385 g/mol. The van der Waals surface area contributed by atoms with Gasteiger partial charge in [0.05, 0.1) is 17.1 Å². The lowest BCUT2D eigenvalue weighted by molar-refractivity contribution is 0.476. The molecule has 1 aliphatic rings. The third-order valence-electron chi connectivity index (χ3n) is 5.86. The minimum atomic E-state index is -0.423. The van der Waals surface area contributed by atoms with Crippen LogP contribution < -0.4 is 4.90 Å². The Balaban J connectivity index is 1.96. The molecule has 2 nitrogen and oxygen atoms in total. The number of fused-ring (bicyclic) bond motifs is 3. The van der Waals surface area contributed by atoms with Crippen LogP contribution in [0, 0.1) is 5.82 Å². The van der Waals surface area contributed by atoms with Gasteiger partial charge in [-0.1, -0.05) is 74.0 Å². The van der Waals surface area contributed by atoms with Crippen molar-refractivity contribution in [1.82, 2.24) is 0 Å². The maximum atomic E-state index is 15.3. The molecule has 0 radical (unpaired) electrons. The van der Waals surface area contributed by atoms with E-state index in [1.54, 1.807) is 12.1 Å². The SMILES string of the molecule is CC1(C)c2ccc(Cl)cc2N(c2c(O)ccc3ccccc23)c2c(F)cccc21. The van der Waals surface area contributed by atoms with E-state index in [1.165, 1.54) is 6.07 Å². The van der Waals surface area contributed by atoms with E-state index in [4.69, 9.17) is 11.6 Å². The van der Waals surface area contributed by atoms with Crippen LogP contribution in [0.5, 0.6) is 5.75 Å². The van der Waals surface area contributed by atoms with Crippen molar-refractivity contribution < 1.29 is 9.50 Å². The number of para-hydroxylation sites is 1. The Morgan fingerprint density at radius 3 is 2.48 bits per heavy atom. The number of phenolic OH excluding ortho intramolecular Hbond substituents is 1. The second-order valence-corrected chi connectivity index (χ2v) is 8.35. The zero-order chi connectivity index (χ0) is 20.3. The zero-order valence-electron chi connectivity index (χ0n) is 16.1. The summed E-state index contributed by atoms with van der Waals surface area (Å²) in [6, 6.07) is 22.1. The van der Waals surface area contributed by atoms with Crippen molar-refractivity contribution in [2.45, 2.75) is 19.3 Å². The number of anilines is 3. The van der Waals surface area contributed by atoms with Crippen molar-refractivity contribution in [1.29, 1.82) is 0 Å². The molecule has 1 aliphatic heterocycles. The van der Waals surface area contributed by atoms with E-state index in [0.717, 1.165) is 27.6 Å². The molecule has 4 aromatic rings. The summed E-state index contributed by atoms with van der Waals surface area (Å²) in [6.07, 6.45) is 0. The van der Waals surface area contributed by atoms with Gasteiger partial charge in [-0.3, -0.25) is 0 Å². The molecule has 0 saturated carbocycles. The van der Waals surface area contributed by atoms with Gasteiger partial charge in [-0.15, -0.1) is 0 Å². The summed E-state index contributed by atoms with van der Waals surface area (Å²) < 4.78 is 15.3. The molecule has 4 heteroatoms. The van der Waals surface area contributed by atoms with Gasteiger partial charge in [0, 0.05) is 15.8 Å². The van der Waals surface area contributed by atoms with Crippen LogP contribution in [0.2, 0.25) is 5.02 Å². The molecule has 0 saturated heterocycles. The maximum absolute atomic E-state index is 15.3. The van der Waals surface area contributed by atoms with Crippen molar-refractivity contribution in [3.63, 3.8) is 0 Å². The predicted molar refractivity (Wildman–Crippen MR) is 117 cm³/mol. The number of nitrogens with zero attached hydrogens (tertiary/aromatic N) is 1. The van der Waals surface area contributed by atoms with Crippen LogP contribution in [-0.4, -0.2) is 5.11 Å². The molecule has 0 aliphatic carbocycles. The largest absolute Gasteiger partial charge is 0.506 e. The molecule has 0 aromatic heterocycles. The Morgan fingerprint density at radius 2 is 1.66 bits per heavy atom. The highest BCUT2D eigenvalue weighted by Crippen LogP contribution is 2.55. The molecule has 4 aromatic carbocycles. The van der Waals surface area contributed by atoms with Crippen LogP contribution in [0.15, 0.2) is 72.8 Å². The fourth-order valence-corrected chi connectivity index (χ4v) is 4.61. The Kier molecular flexibility index (Phi) is 3.87. The Hall–Kier alpha value is -3.04. The standard InChI is InChI=1S/C25H19ClFNO/c1-25(2)18-12-11-16(26)14-21(18)28(24-19(25)8-5-9-20(24)27)23-17-7-4-3-6-15(17)10-13-22(23)29/h3-14,29H,1-2H3. The zero-order valence-corrected chi connectivity index (χ0v) is 16.8. The summed E-state index contributed by atoms with van der Waals surface area (Å²) in [7, 11) is 0. The van der Waals surface area contributed by atoms with Crippen LogP contribution in [0.4, 0.5) is 21.5 Å². The topological polar surface area (TPSA) is 23.5 Å². The lowest BCUT2D eigenvalue weighted by Gasteiger charge is -2.42. The third-order valence-corrected chi connectivity index (χ3v) is 6.10. The molecule has 0 fully saturated rings. The first kappa shape index (κ1) is 18.0. The fourth-order valence-electron chi connectivity index (χ4n) is 4.44. The summed E-state index contributed by atoms with van der Waals surface area (Å²) in [5.41, 5.74) is 3.22. The smallest absolute Gasteiger partial charge is 0.147 e. The Bertz CT molecular complexity index is 1280. The lowest BCUT2D eigenvalue weighted by atomic mass is 9.73. The second kappa shape index (κ2) is 6.23. The van der Waals surface area contributed by atoms with Crippen molar-refractivity contribution in [3.8, 4) is 5.75 Å². The van der Waals surface area contributed by atoms with Crippen molar-refractivity contribution >= 4 is 39.4 Å². The van der Waals surface area contributed by atoms with Gasteiger partial charge in [-0.2, -0.15) is 0 Å². The summed E-state index contributed by atoms with van der Waals surface area (Å²) >= 11 is 6.36. The van der Waals surface area contributed by atoms with E-state index in [0.29, 0.717) is 16.4 Å². The van der Waals surface area contributed by atoms with Crippen molar-refractivity contribution in [2.75, 3.05) is 4.90 Å². The van der Waals surface area contributed by atoms with E-state index in [1.807, 2.05) is 59.5 Å². The maximum Gasteiger partial charge on any atom is 0.147 e. The molecule has 0 unspecified atom stereocenters. The fraction of sp³-hybridized carbons (Fsp3) is 0.120. The average Bonchev–Trinajstić information content (AvgIpc) is 2.70. The van der Waals surface area contributed by atoms with Crippen molar-refractivity contribution in [3.05, 3.63) is 94.8 Å². The molecule has 0 spiro atoms. The van der Waals surface area contributed by atoms with Crippen LogP contribution >= 0.6 is 11.6 Å². The Morgan fingerprint density at radius 1 is 0.862 bits per heavy atom. The van der Waals surface area contributed by atoms with Crippen molar-refractivity contribution in [2.24, 2.45) is 0 Å². The van der Waals surface area contributed by atoms with E-state index < -0.39 is 5.41 Å². The van der Waals surface area contributed by atoms with Crippen LogP contribution in [-0.2, 0) is 5.41 Å². The quantitative estimate of drug-likeness (QED) is 0.356. The predicted octanol–water partition coefficient (Wildman–Crippen LogP) is 7.45. The Labute approximate surface area is 173 Å². The molecule has 0 atom stereocenters. The molecule has 0 amide bonds. The number of hydrogen-bond acceptors (Lipinski definition) is 2. The molecule has 0 bridgehead atoms. The third kappa shape index (κ3) is 2.54. The van der Waals surface area contributed by atoms with E-state index in [2.05, 4.69) is 13.8 Å². The molecule has 144 valence electrons. The van der Waals surface area contributed by atoms with Crippen LogP contribution in [0.1, 0.15) is 25.0 Å². The summed E-state index contributed by atoms with van der Waals surface area (Å²) in [5.74, 6) is -0.253. The van der Waals surface area contributed by atoms with E-state index >= 15 is 4.39 Å². The first-order valence-corrected chi connectivity index (χ1v) is 9.87. The number of hydrogen-bond donors (Lipinski definition) is 1. The van der Waals surface area contributed by atoms with Crippen LogP contribution in [0.25, 0.3) is 10.8 Å². The van der Waals surface area contributed by atoms with Gasteiger partial charge >= 0.3 is 0 Å². The highest BCUT2D eigenvalue weighted by molar-refractivity contribution is 6.31. The number of rotatable bonds is 1. The summed E-state index contributed by atoms with van der Waals surface area (Å²) in [5, 5.41) is 13.3. The molecule has 1 N–H and O–H groups in total. The number of halogens is 2. The molecule has 5 rings (SSSR count). The van der Waals surface area contributed by atoms with E-state index in [9.17, 15) is 5.11 Å². The molecule has 29 heavy (non-hydrogen) atoms. The number of phenols is 1. The number of aromatic hydroxyl groups is 1. The van der Waals surface area contributed by atoms with Gasteiger partial charge in [0.15, 0.2) is 0 Å². The summed E-state index contributed by atoms with van der Waals surface area (Å²) in [6.45, 7) is 4.16. The monoisotopic (exact) mass is 403 g/mol. The lowest BCUT2D eigenvalue weighted by Crippen LogP contribution is -2.31. The minimum Gasteiger partial charge on any atom is -0.506 e. The van der Waals surface area contributed by atoms with E-state index in [-0.39, 0.29) is 11.6 Å².